The summed E-state index contributed by atoms with van der Waals surface area (Å²) in [6.45, 7) is 15.8. The molecule has 0 saturated carbocycles. The fourth-order valence-corrected chi connectivity index (χ4v) is 2.06. The first-order valence-corrected chi connectivity index (χ1v) is 8.40. The van der Waals surface area contributed by atoms with Crippen LogP contribution in [0.3, 0.4) is 0 Å². The maximum Gasteiger partial charge on any atom is 0.300 e. The lowest BCUT2D eigenvalue weighted by molar-refractivity contribution is -0.178. The zero-order valence-corrected chi connectivity index (χ0v) is 17.5. The lowest BCUT2D eigenvalue weighted by Gasteiger charge is -2.49. The quantitative estimate of drug-likeness (QED) is 0.491. The molecule has 0 aromatic carbocycles. The molecule has 0 spiro atoms. The Kier molecular flexibility index (Phi) is 15.8. The number of rotatable bonds is 7. The molecule has 0 aliphatic heterocycles. The molecule has 0 aliphatic carbocycles. The summed E-state index contributed by atoms with van der Waals surface area (Å²) in [6, 6.07) is 0. The number of ether oxygens (including phenoxy) is 2. The number of carbonyl (C=O) groups is 2. The molecular weight excluding hydrogens is 344 g/mol. The van der Waals surface area contributed by atoms with Gasteiger partial charge in [0.1, 0.15) is 0 Å². The van der Waals surface area contributed by atoms with E-state index in [1.54, 1.807) is 0 Å². The molecule has 0 aliphatic rings. The zero-order valence-electron chi connectivity index (χ0n) is 17.5. The van der Waals surface area contributed by atoms with Gasteiger partial charge in [-0.1, -0.05) is 41.5 Å². The summed E-state index contributed by atoms with van der Waals surface area (Å²) in [7, 11) is 0. The number of aliphatic carboxylic acids is 2. The monoisotopic (exact) mass is 382 g/mol. The Balaban J connectivity index is -0.000000551. The van der Waals surface area contributed by atoms with Gasteiger partial charge in [-0.3, -0.25) is 9.59 Å². The van der Waals surface area contributed by atoms with Crippen LogP contribution in [0.4, 0.5) is 0 Å². The highest BCUT2D eigenvalue weighted by atomic mass is 16.5. The molecule has 8 nitrogen and oxygen atoms in total. The van der Waals surface area contributed by atoms with Crippen LogP contribution in [-0.4, -0.2) is 71.0 Å². The summed E-state index contributed by atoms with van der Waals surface area (Å²) in [5.74, 6) is -1.67. The van der Waals surface area contributed by atoms with Gasteiger partial charge in [0.25, 0.3) is 11.9 Å². The summed E-state index contributed by atoms with van der Waals surface area (Å²) < 4.78 is 10.7. The van der Waals surface area contributed by atoms with Crippen molar-refractivity contribution >= 4 is 11.9 Å². The SMILES string of the molecule is CC(=O)O.CC(=O)O.CC(C)(C)C(O)(COCCOCCO)C(C)(C)C. The summed E-state index contributed by atoms with van der Waals surface area (Å²) in [5, 5.41) is 34.3. The average Bonchev–Trinajstić information content (AvgIpc) is 2.38. The number of hydrogen-bond donors (Lipinski definition) is 4. The van der Waals surface area contributed by atoms with Crippen molar-refractivity contribution in [2.24, 2.45) is 10.8 Å². The topological polar surface area (TPSA) is 134 Å². The van der Waals surface area contributed by atoms with Crippen molar-refractivity contribution < 1.29 is 39.5 Å². The third kappa shape index (κ3) is 16.3. The predicted octanol–water partition coefficient (Wildman–Crippen LogP) is 2.02. The van der Waals surface area contributed by atoms with E-state index < -0.39 is 17.5 Å². The van der Waals surface area contributed by atoms with Gasteiger partial charge in [-0.15, -0.1) is 0 Å². The molecule has 0 bridgehead atoms. The summed E-state index contributed by atoms with van der Waals surface area (Å²) in [6.07, 6.45) is 0. The molecule has 0 rings (SSSR count). The van der Waals surface area contributed by atoms with Crippen LogP contribution in [0.1, 0.15) is 55.4 Å². The van der Waals surface area contributed by atoms with Crippen molar-refractivity contribution in [2.45, 2.75) is 61.0 Å². The van der Waals surface area contributed by atoms with Crippen LogP contribution in [0.15, 0.2) is 0 Å². The number of carboxylic acid groups (broad SMARTS) is 2. The zero-order chi connectivity index (χ0) is 21.6. The molecule has 0 fully saturated rings. The normalized spacial score (nSPS) is 11.6. The van der Waals surface area contributed by atoms with Crippen molar-refractivity contribution in [3.05, 3.63) is 0 Å². The molecule has 4 N–H and O–H groups in total. The number of carboxylic acids is 2. The van der Waals surface area contributed by atoms with E-state index in [0.29, 0.717) is 19.8 Å². The highest BCUT2D eigenvalue weighted by Gasteiger charge is 2.49. The van der Waals surface area contributed by atoms with E-state index in [2.05, 4.69) is 0 Å². The van der Waals surface area contributed by atoms with Crippen LogP contribution in [0.25, 0.3) is 0 Å². The van der Waals surface area contributed by atoms with Gasteiger partial charge in [0.2, 0.25) is 0 Å². The lowest BCUT2D eigenvalue weighted by Crippen LogP contribution is -2.56. The lowest BCUT2D eigenvalue weighted by atomic mass is 9.63. The van der Waals surface area contributed by atoms with Gasteiger partial charge in [-0.05, 0) is 10.8 Å². The van der Waals surface area contributed by atoms with Crippen LogP contribution >= 0.6 is 0 Å². The Morgan fingerprint density at radius 1 is 0.769 bits per heavy atom. The van der Waals surface area contributed by atoms with Crippen LogP contribution < -0.4 is 0 Å². The maximum atomic E-state index is 10.9. The van der Waals surface area contributed by atoms with Crippen molar-refractivity contribution in [1.29, 1.82) is 0 Å². The molecule has 0 aromatic rings. The highest BCUT2D eigenvalue weighted by Crippen LogP contribution is 2.43. The van der Waals surface area contributed by atoms with Crippen LogP contribution in [0, 0.1) is 10.8 Å². The minimum absolute atomic E-state index is 0.0217. The second-order valence-electron chi connectivity index (χ2n) is 7.79. The molecule has 26 heavy (non-hydrogen) atoms. The standard InChI is InChI=1S/C14H30O4.2C2H4O2/c1-12(2,3)14(16,13(4,5)6)11-18-10-9-17-8-7-15;2*1-2(3)4/h15-16H,7-11H2,1-6H3;2*1H3,(H,3,4). The van der Waals surface area contributed by atoms with Crippen molar-refractivity contribution in [1.82, 2.24) is 0 Å². The second-order valence-corrected chi connectivity index (χ2v) is 7.79. The van der Waals surface area contributed by atoms with Crippen molar-refractivity contribution in [2.75, 3.05) is 33.0 Å². The van der Waals surface area contributed by atoms with Gasteiger partial charge in [0.15, 0.2) is 0 Å². The minimum Gasteiger partial charge on any atom is -0.481 e. The fourth-order valence-electron chi connectivity index (χ4n) is 2.06. The van der Waals surface area contributed by atoms with Crippen molar-refractivity contribution in [3.63, 3.8) is 0 Å². The first kappa shape index (κ1) is 29.5. The summed E-state index contributed by atoms with van der Waals surface area (Å²) in [4.78, 5) is 18.0. The van der Waals surface area contributed by atoms with E-state index in [-0.39, 0.29) is 24.0 Å². The van der Waals surface area contributed by atoms with Crippen molar-refractivity contribution in [3.8, 4) is 0 Å². The Hall–Kier alpha value is -1.22. The highest BCUT2D eigenvalue weighted by molar-refractivity contribution is 5.63. The van der Waals surface area contributed by atoms with E-state index in [1.807, 2.05) is 41.5 Å². The molecule has 8 heteroatoms. The van der Waals surface area contributed by atoms with Gasteiger partial charge < -0.3 is 29.9 Å². The molecule has 0 amide bonds. The number of aliphatic hydroxyl groups excluding tert-OH is 1. The molecule has 0 aromatic heterocycles. The molecule has 0 atom stereocenters. The Morgan fingerprint density at radius 3 is 1.35 bits per heavy atom. The van der Waals surface area contributed by atoms with Crippen LogP contribution in [-0.2, 0) is 19.1 Å². The van der Waals surface area contributed by atoms with E-state index in [4.69, 9.17) is 34.4 Å². The third-order valence-corrected chi connectivity index (χ3v) is 3.40. The first-order valence-electron chi connectivity index (χ1n) is 8.40. The third-order valence-electron chi connectivity index (χ3n) is 3.40. The minimum atomic E-state index is -0.906. The average molecular weight is 382 g/mol. The number of hydrogen-bond acceptors (Lipinski definition) is 6. The second kappa shape index (κ2) is 13.9. The largest absolute Gasteiger partial charge is 0.481 e. The van der Waals surface area contributed by atoms with Crippen LogP contribution in [0.5, 0.6) is 0 Å². The van der Waals surface area contributed by atoms with Crippen LogP contribution in [0.2, 0.25) is 0 Å². The molecule has 0 heterocycles. The first-order chi connectivity index (χ1) is 11.5. The van der Waals surface area contributed by atoms with Gasteiger partial charge in [-0.2, -0.15) is 0 Å². The Morgan fingerprint density at radius 2 is 1.08 bits per heavy atom. The van der Waals surface area contributed by atoms with E-state index in [0.717, 1.165) is 13.8 Å². The Bertz CT molecular complexity index is 346. The molecular formula is C18H38O8. The number of aliphatic hydroxyl groups is 2. The maximum absolute atomic E-state index is 10.9. The molecule has 0 saturated heterocycles. The van der Waals surface area contributed by atoms with E-state index in [1.165, 1.54) is 0 Å². The van der Waals surface area contributed by atoms with Gasteiger partial charge in [0.05, 0.1) is 38.6 Å². The summed E-state index contributed by atoms with van der Waals surface area (Å²) in [5.41, 5.74) is -1.44. The van der Waals surface area contributed by atoms with E-state index >= 15 is 0 Å². The Labute approximate surface area is 157 Å². The van der Waals surface area contributed by atoms with Gasteiger partial charge in [0, 0.05) is 13.8 Å². The van der Waals surface area contributed by atoms with Gasteiger partial charge in [-0.25, -0.2) is 0 Å². The molecule has 158 valence electrons. The fraction of sp³-hybridized carbons (Fsp3) is 0.889. The predicted molar refractivity (Wildman–Crippen MR) is 99.2 cm³/mol. The molecule has 0 radical (unpaired) electrons. The molecule has 0 unspecified atom stereocenters. The summed E-state index contributed by atoms with van der Waals surface area (Å²) >= 11 is 0. The van der Waals surface area contributed by atoms with E-state index in [9.17, 15) is 5.11 Å². The van der Waals surface area contributed by atoms with Gasteiger partial charge >= 0.3 is 0 Å². The smallest absolute Gasteiger partial charge is 0.300 e.